The van der Waals surface area contributed by atoms with Gasteiger partial charge in [-0.25, -0.2) is 0 Å². The number of hydrogen-bond donors (Lipinski definition) is 0. The van der Waals surface area contributed by atoms with Gasteiger partial charge in [0, 0.05) is 57.9 Å². The average molecular weight is 259 g/mol. The lowest BCUT2D eigenvalue weighted by molar-refractivity contribution is -0.136. The molecule has 0 aromatic heterocycles. The van der Waals surface area contributed by atoms with E-state index in [1.54, 1.807) is 6.92 Å². The molecule has 1 aromatic carbocycles. The topological polar surface area (TPSA) is 26.8 Å². The van der Waals surface area contributed by atoms with Gasteiger partial charge >= 0.3 is 0 Å². The summed E-state index contributed by atoms with van der Waals surface area (Å²) >= 11 is 0. The van der Waals surface area contributed by atoms with Crippen LogP contribution in [0.3, 0.4) is 0 Å². The second-order valence-electron chi connectivity index (χ2n) is 5.44. The minimum absolute atomic E-state index is 0.208. The highest BCUT2D eigenvalue weighted by Gasteiger charge is 2.34. The largest absolute Gasteiger partial charge is 0.369 e. The van der Waals surface area contributed by atoms with Crippen LogP contribution in [0.1, 0.15) is 6.92 Å². The van der Waals surface area contributed by atoms with Crippen molar-refractivity contribution in [2.45, 2.75) is 13.0 Å². The van der Waals surface area contributed by atoms with E-state index in [0.29, 0.717) is 6.04 Å². The highest BCUT2D eigenvalue weighted by atomic mass is 16.2. The molecule has 102 valence electrons. The molecule has 1 aromatic rings. The number of benzene rings is 1. The van der Waals surface area contributed by atoms with E-state index in [9.17, 15) is 4.79 Å². The number of nitrogens with zero attached hydrogens (tertiary/aromatic N) is 3. The molecule has 2 aliphatic rings. The Labute approximate surface area is 114 Å². The minimum Gasteiger partial charge on any atom is -0.369 e. The van der Waals surface area contributed by atoms with E-state index in [2.05, 4.69) is 40.1 Å². The van der Waals surface area contributed by atoms with E-state index in [-0.39, 0.29) is 5.91 Å². The summed E-state index contributed by atoms with van der Waals surface area (Å²) in [4.78, 5) is 18.1. The standard InChI is InChI=1S/C15H21N3O/c1-13(19)18-11-15(12-18)17-9-7-16(8-10-17)14-5-3-2-4-6-14/h2-6,15H,7-12H2,1H3. The Hall–Kier alpha value is -1.55. The molecule has 4 heteroatoms. The van der Waals surface area contributed by atoms with Gasteiger partial charge in [-0.05, 0) is 12.1 Å². The molecule has 4 nitrogen and oxygen atoms in total. The third-order valence-electron chi connectivity index (χ3n) is 4.26. The summed E-state index contributed by atoms with van der Waals surface area (Å²) in [5, 5.41) is 0. The Balaban J connectivity index is 1.49. The molecule has 2 heterocycles. The SMILES string of the molecule is CC(=O)N1CC(N2CCN(c3ccccc3)CC2)C1. The quantitative estimate of drug-likeness (QED) is 0.794. The number of piperazine rings is 1. The molecule has 0 aliphatic carbocycles. The molecule has 0 radical (unpaired) electrons. The Kier molecular flexibility index (Phi) is 3.42. The first kappa shape index (κ1) is 12.5. The number of anilines is 1. The smallest absolute Gasteiger partial charge is 0.219 e. The summed E-state index contributed by atoms with van der Waals surface area (Å²) in [5.74, 6) is 0.208. The van der Waals surface area contributed by atoms with Crippen molar-refractivity contribution in [3.8, 4) is 0 Å². The van der Waals surface area contributed by atoms with Gasteiger partial charge in [0.1, 0.15) is 0 Å². The molecule has 2 aliphatic heterocycles. The Morgan fingerprint density at radius 2 is 1.68 bits per heavy atom. The summed E-state index contributed by atoms with van der Waals surface area (Å²) in [6.45, 7) is 7.86. The van der Waals surface area contributed by atoms with Gasteiger partial charge in [-0.2, -0.15) is 0 Å². The van der Waals surface area contributed by atoms with Crippen LogP contribution in [0, 0.1) is 0 Å². The summed E-state index contributed by atoms with van der Waals surface area (Å²) in [5.41, 5.74) is 1.32. The van der Waals surface area contributed by atoms with Gasteiger partial charge in [-0.15, -0.1) is 0 Å². The van der Waals surface area contributed by atoms with E-state index in [0.717, 1.165) is 39.3 Å². The lowest BCUT2D eigenvalue weighted by Crippen LogP contribution is -2.63. The molecule has 19 heavy (non-hydrogen) atoms. The van der Waals surface area contributed by atoms with Crippen LogP contribution in [0.25, 0.3) is 0 Å². The second kappa shape index (κ2) is 5.21. The van der Waals surface area contributed by atoms with E-state index in [1.165, 1.54) is 5.69 Å². The van der Waals surface area contributed by atoms with Crippen molar-refractivity contribution in [3.63, 3.8) is 0 Å². The molecule has 1 amide bonds. The zero-order valence-corrected chi connectivity index (χ0v) is 11.5. The van der Waals surface area contributed by atoms with Crippen LogP contribution in [0.4, 0.5) is 5.69 Å². The van der Waals surface area contributed by atoms with Crippen LogP contribution >= 0.6 is 0 Å². The second-order valence-corrected chi connectivity index (χ2v) is 5.44. The van der Waals surface area contributed by atoms with E-state index in [4.69, 9.17) is 0 Å². The van der Waals surface area contributed by atoms with Crippen molar-refractivity contribution in [3.05, 3.63) is 30.3 Å². The van der Waals surface area contributed by atoms with Crippen LogP contribution in [-0.2, 0) is 4.79 Å². The van der Waals surface area contributed by atoms with Crippen LogP contribution in [0.5, 0.6) is 0 Å². The number of carbonyl (C=O) groups is 1. The van der Waals surface area contributed by atoms with Crippen molar-refractivity contribution in [1.82, 2.24) is 9.80 Å². The monoisotopic (exact) mass is 259 g/mol. The molecule has 3 rings (SSSR count). The van der Waals surface area contributed by atoms with E-state index >= 15 is 0 Å². The molecule has 0 atom stereocenters. The van der Waals surface area contributed by atoms with Crippen molar-refractivity contribution in [2.75, 3.05) is 44.2 Å². The Morgan fingerprint density at radius 3 is 2.26 bits per heavy atom. The first-order valence-electron chi connectivity index (χ1n) is 7.03. The van der Waals surface area contributed by atoms with Gasteiger partial charge in [0.2, 0.25) is 5.91 Å². The molecule has 0 bridgehead atoms. The molecule has 0 spiro atoms. The van der Waals surface area contributed by atoms with Crippen LogP contribution in [0.2, 0.25) is 0 Å². The number of carbonyl (C=O) groups excluding carboxylic acids is 1. The normalized spacial score (nSPS) is 21.3. The summed E-state index contributed by atoms with van der Waals surface area (Å²) < 4.78 is 0. The molecule has 0 saturated carbocycles. The fraction of sp³-hybridized carbons (Fsp3) is 0.533. The Bertz CT molecular complexity index is 434. The van der Waals surface area contributed by atoms with Crippen molar-refractivity contribution < 1.29 is 4.79 Å². The number of rotatable bonds is 2. The average Bonchev–Trinajstić information content (AvgIpc) is 2.38. The highest BCUT2D eigenvalue weighted by Crippen LogP contribution is 2.20. The lowest BCUT2D eigenvalue weighted by atomic mass is 10.1. The van der Waals surface area contributed by atoms with Gasteiger partial charge in [0.05, 0.1) is 0 Å². The predicted octanol–water partition coefficient (Wildman–Crippen LogP) is 1.04. The summed E-state index contributed by atoms with van der Waals surface area (Å²) in [6.07, 6.45) is 0. The maximum atomic E-state index is 11.2. The fourth-order valence-corrected chi connectivity index (χ4v) is 2.93. The summed E-state index contributed by atoms with van der Waals surface area (Å²) in [7, 11) is 0. The Morgan fingerprint density at radius 1 is 1.05 bits per heavy atom. The number of likely N-dealkylation sites (tertiary alicyclic amines) is 1. The maximum absolute atomic E-state index is 11.2. The van der Waals surface area contributed by atoms with Crippen molar-refractivity contribution in [2.24, 2.45) is 0 Å². The molecular formula is C15H21N3O. The third-order valence-corrected chi connectivity index (χ3v) is 4.26. The van der Waals surface area contributed by atoms with Crippen LogP contribution in [-0.4, -0.2) is 61.0 Å². The predicted molar refractivity (Wildman–Crippen MR) is 76.3 cm³/mol. The molecule has 0 N–H and O–H groups in total. The fourth-order valence-electron chi connectivity index (χ4n) is 2.93. The van der Waals surface area contributed by atoms with E-state index in [1.807, 2.05) is 4.90 Å². The zero-order chi connectivity index (χ0) is 13.2. The van der Waals surface area contributed by atoms with Crippen LogP contribution < -0.4 is 4.90 Å². The van der Waals surface area contributed by atoms with Gasteiger partial charge < -0.3 is 9.80 Å². The number of para-hydroxylation sites is 1. The zero-order valence-electron chi connectivity index (χ0n) is 11.5. The van der Waals surface area contributed by atoms with Crippen molar-refractivity contribution in [1.29, 1.82) is 0 Å². The van der Waals surface area contributed by atoms with Gasteiger partial charge in [-0.3, -0.25) is 9.69 Å². The lowest BCUT2D eigenvalue weighted by Gasteiger charge is -2.48. The van der Waals surface area contributed by atoms with Crippen LogP contribution in [0.15, 0.2) is 30.3 Å². The molecule has 2 fully saturated rings. The summed E-state index contributed by atoms with van der Waals surface area (Å²) in [6, 6.07) is 11.2. The number of amides is 1. The molecule has 2 saturated heterocycles. The minimum atomic E-state index is 0.208. The first-order valence-corrected chi connectivity index (χ1v) is 7.03. The van der Waals surface area contributed by atoms with Gasteiger partial charge in [-0.1, -0.05) is 18.2 Å². The molecule has 0 unspecified atom stereocenters. The van der Waals surface area contributed by atoms with Gasteiger partial charge in [0.25, 0.3) is 0 Å². The third kappa shape index (κ3) is 2.59. The highest BCUT2D eigenvalue weighted by molar-refractivity contribution is 5.74. The van der Waals surface area contributed by atoms with E-state index < -0.39 is 0 Å². The molecular weight excluding hydrogens is 238 g/mol. The van der Waals surface area contributed by atoms with Gasteiger partial charge in [0.15, 0.2) is 0 Å². The maximum Gasteiger partial charge on any atom is 0.219 e. The number of hydrogen-bond acceptors (Lipinski definition) is 3. The first-order chi connectivity index (χ1) is 9.24. The van der Waals surface area contributed by atoms with Crippen molar-refractivity contribution >= 4 is 11.6 Å².